The van der Waals surface area contributed by atoms with E-state index in [0.29, 0.717) is 25.0 Å². The lowest BCUT2D eigenvalue weighted by atomic mass is 9.93. The van der Waals surface area contributed by atoms with Crippen LogP contribution in [0.25, 0.3) is 0 Å². The number of rotatable bonds is 7. The van der Waals surface area contributed by atoms with Crippen molar-refractivity contribution in [3.63, 3.8) is 0 Å². The lowest BCUT2D eigenvalue weighted by Gasteiger charge is -2.30. The maximum atomic E-state index is 13.0. The number of hydrogen-bond donors (Lipinski definition) is 1. The monoisotopic (exact) mass is 391 g/mol. The van der Waals surface area contributed by atoms with Crippen LogP contribution in [0, 0.1) is 11.3 Å². The van der Waals surface area contributed by atoms with Crippen molar-refractivity contribution in [1.29, 1.82) is 0 Å². The van der Waals surface area contributed by atoms with E-state index in [1.165, 1.54) is 27.8 Å². The Bertz CT molecular complexity index is 685. The van der Waals surface area contributed by atoms with Crippen LogP contribution in [-0.4, -0.2) is 45.3 Å². The Hall–Kier alpha value is -1.82. The van der Waals surface area contributed by atoms with Crippen molar-refractivity contribution in [3.8, 4) is 0 Å². The minimum atomic E-state index is -1.01. The highest BCUT2D eigenvalue weighted by Crippen LogP contribution is 2.28. The third-order valence-electron chi connectivity index (χ3n) is 4.65. The molecule has 0 heterocycles. The predicted molar refractivity (Wildman–Crippen MR) is 108 cm³/mol. The predicted octanol–water partition coefficient (Wildman–Crippen LogP) is 3.40. The summed E-state index contributed by atoms with van der Waals surface area (Å²) < 4.78 is 0. The molecule has 0 radical (unpaired) electrons. The first-order valence-corrected chi connectivity index (χ1v) is 10.3. The summed E-state index contributed by atoms with van der Waals surface area (Å²) >= 11 is 1.17. The molecule has 1 atom stereocenters. The molecule has 1 unspecified atom stereocenters. The number of hydrogen-bond acceptors (Lipinski definition) is 4. The third kappa shape index (κ3) is 6.38. The Morgan fingerprint density at radius 2 is 1.74 bits per heavy atom. The van der Waals surface area contributed by atoms with Crippen LogP contribution in [0.5, 0.6) is 0 Å². The van der Waals surface area contributed by atoms with E-state index < -0.39 is 11.9 Å². The number of amides is 1. The highest BCUT2D eigenvalue weighted by molar-refractivity contribution is 8.13. The minimum absolute atomic E-state index is 0.0696. The lowest BCUT2D eigenvalue weighted by Crippen LogP contribution is -2.46. The van der Waals surface area contributed by atoms with Crippen molar-refractivity contribution in [2.75, 3.05) is 12.3 Å². The molecular weight excluding hydrogens is 362 g/mol. The van der Waals surface area contributed by atoms with Crippen LogP contribution in [0.1, 0.15) is 45.2 Å². The van der Waals surface area contributed by atoms with Crippen molar-refractivity contribution < 1.29 is 19.5 Å². The van der Waals surface area contributed by atoms with Gasteiger partial charge in [-0.25, -0.2) is 0 Å². The van der Waals surface area contributed by atoms with Gasteiger partial charge in [-0.2, -0.15) is 0 Å². The van der Waals surface area contributed by atoms with Crippen molar-refractivity contribution in [1.82, 2.24) is 4.90 Å². The van der Waals surface area contributed by atoms with Crippen molar-refractivity contribution in [2.45, 2.75) is 53.0 Å². The van der Waals surface area contributed by atoms with Crippen LogP contribution < -0.4 is 0 Å². The van der Waals surface area contributed by atoms with Gasteiger partial charge in [0.15, 0.2) is 5.12 Å². The first kappa shape index (κ1) is 21.5. The second kappa shape index (κ2) is 8.91. The van der Waals surface area contributed by atoms with Crippen molar-refractivity contribution in [3.05, 3.63) is 35.4 Å². The van der Waals surface area contributed by atoms with Gasteiger partial charge >= 0.3 is 5.97 Å². The number of carbonyl (C=O) groups is 3. The van der Waals surface area contributed by atoms with Crippen LogP contribution in [0.4, 0.5) is 0 Å². The maximum Gasteiger partial charge on any atom is 0.323 e. The summed E-state index contributed by atoms with van der Waals surface area (Å²) in [5.74, 6) is -1.22. The van der Waals surface area contributed by atoms with E-state index in [9.17, 15) is 19.5 Å². The Balaban J connectivity index is 2.00. The van der Waals surface area contributed by atoms with Crippen molar-refractivity contribution >= 4 is 28.8 Å². The molecule has 1 aromatic rings. The number of carboxylic acids is 1. The highest BCUT2D eigenvalue weighted by atomic mass is 32.2. The fourth-order valence-corrected chi connectivity index (χ4v) is 4.46. The van der Waals surface area contributed by atoms with Gasteiger partial charge in [-0.3, -0.25) is 14.4 Å². The molecule has 0 aliphatic heterocycles. The molecule has 0 saturated carbocycles. The summed E-state index contributed by atoms with van der Waals surface area (Å²) in [6, 6.07) is 7.85. The molecule has 0 aromatic heterocycles. The first-order valence-electron chi connectivity index (χ1n) is 9.31. The zero-order chi connectivity index (χ0) is 20.2. The second-order valence-electron chi connectivity index (χ2n) is 8.51. The molecule has 0 spiro atoms. The molecule has 1 aromatic carbocycles. The third-order valence-corrected chi connectivity index (χ3v) is 5.78. The topological polar surface area (TPSA) is 74.7 Å². The quantitative estimate of drug-likeness (QED) is 0.771. The normalized spacial score (nSPS) is 15.3. The molecule has 0 bridgehead atoms. The first-order chi connectivity index (χ1) is 12.6. The van der Waals surface area contributed by atoms with Gasteiger partial charge in [0.05, 0.1) is 0 Å². The van der Waals surface area contributed by atoms with E-state index >= 15 is 0 Å². The molecular formula is C21H29NO4S. The minimum Gasteiger partial charge on any atom is -0.480 e. The number of benzene rings is 1. The van der Waals surface area contributed by atoms with Gasteiger partial charge in [0.1, 0.15) is 6.54 Å². The summed E-state index contributed by atoms with van der Waals surface area (Å²) in [6.07, 6.45) is 1.81. The Morgan fingerprint density at radius 1 is 1.19 bits per heavy atom. The molecule has 27 heavy (non-hydrogen) atoms. The lowest BCUT2D eigenvalue weighted by molar-refractivity contribution is -0.147. The summed E-state index contributed by atoms with van der Waals surface area (Å²) in [7, 11) is 0. The summed E-state index contributed by atoms with van der Waals surface area (Å²) in [6.45, 7) is 7.49. The number of nitrogens with zero attached hydrogens (tertiary/aromatic N) is 1. The van der Waals surface area contributed by atoms with Crippen LogP contribution in [-0.2, 0) is 27.2 Å². The Labute approximate surface area is 165 Å². The van der Waals surface area contributed by atoms with Gasteiger partial charge in [-0.1, -0.05) is 63.7 Å². The van der Waals surface area contributed by atoms with E-state index in [4.69, 9.17) is 0 Å². The number of fused-ring (bicyclic) bond motifs is 1. The summed E-state index contributed by atoms with van der Waals surface area (Å²) in [5.41, 5.74) is 2.27. The summed E-state index contributed by atoms with van der Waals surface area (Å²) in [5, 5.41) is 9.35. The molecule has 1 N–H and O–H groups in total. The van der Waals surface area contributed by atoms with Crippen LogP contribution in [0.2, 0.25) is 0 Å². The fourth-order valence-electron chi connectivity index (χ4n) is 3.35. The van der Waals surface area contributed by atoms with Gasteiger partial charge in [-0.05, 0) is 29.4 Å². The number of carbonyl (C=O) groups excluding carboxylic acids is 2. The molecule has 148 valence electrons. The van der Waals surface area contributed by atoms with Gasteiger partial charge < -0.3 is 10.0 Å². The van der Waals surface area contributed by atoms with Gasteiger partial charge in [0.25, 0.3) is 0 Å². The summed E-state index contributed by atoms with van der Waals surface area (Å²) in [4.78, 5) is 37.9. The number of carboxylic acid groups (broad SMARTS) is 1. The van der Waals surface area contributed by atoms with Gasteiger partial charge in [0.2, 0.25) is 5.91 Å². The van der Waals surface area contributed by atoms with Gasteiger partial charge in [0, 0.05) is 24.1 Å². The zero-order valence-corrected chi connectivity index (χ0v) is 17.3. The molecule has 2 rings (SSSR count). The average Bonchev–Trinajstić information content (AvgIpc) is 2.99. The Morgan fingerprint density at radius 3 is 2.22 bits per heavy atom. The second-order valence-corrected chi connectivity index (χ2v) is 9.59. The van der Waals surface area contributed by atoms with Gasteiger partial charge in [-0.15, -0.1) is 0 Å². The van der Waals surface area contributed by atoms with Crippen LogP contribution in [0.3, 0.4) is 0 Å². The molecule has 0 saturated heterocycles. The average molecular weight is 392 g/mol. The molecule has 1 amide bonds. The van der Waals surface area contributed by atoms with E-state index in [1.807, 2.05) is 45.0 Å². The maximum absolute atomic E-state index is 13.0. The van der Waals surface area contributed by atoms with E-state index in [-0.39, 0.29) is 29.0 Å². The van der Waals surface area contributed by atoms with E-state index in [2.05, 4.69) is 0 Å². The molecule has 1 aliphatic carbocycles. The number of thioether (sulfide) groups is 1. The Kier molecular flexibility index (Phi) is 7.09. The zero-order valence-electron chi connectivity index (χ0n) is 16.5. The standard InChI is InChI=1S/C21H29NO4S/c1-14(13-27-19(25)11-21(2,3)4)20(26)22(12-18(23)24)17-9-15-7-5-6-8-16(15)10-17/h5-8,14,17H,9-13H2,1-4H3,(H,23,24). The smallest absolute Gasteiger partial charge is 0.323 e. The largest absolute Gasteiger partial charge is 0.480 e. The number of aliphatic carboxylic acids is 1. The highest BCUT2D eigenvalue weighted by Gasteiger charge is 2.33. The molecule has 6 heteroatoms. The SMILES string of the molecule is CC(CSC(=O)CC(C)(C)C)C(=O)N(CC(=O)O)C1Cc2ccccc2C1. The fraction of sp³-hybridized carbons (Fsp3) is 0.571. The molecule has 0 fully saturated rings. The van der Waals surface area contributed by atoms with Crippen molar-refractivity contribution in [2.24, 2.45) is 11.3 Å². The van der Waals surface area contributed by atoms with E-state index in [0.717, 1.165) is 0 Å². The van der Waals surface area contributed by atoms with E-state index in [1.54, 1.807) is 6.92 Å². The van der Waals surface area contributed by atoms with Crippen LogP contribution in [0.15, 0.2) is 24.3 Å². The molecule has 5 nitrogen and oxygen atoms in total. The van der Waals surface area contributed by atoms with Crippen LogP contribution >= 0.6 is 11.8 Å². The molecule has 1 aliphatic rings.